The fraction of sp³-hybridized carbons (Fsp3) is 0.529. The Morgan fingerprint density at radius 2 is 2.04 bits per heavy atom. The van der Waals surface area contributed by atoms with Crippen molar-refractivity contribution >= 4 is 47.4 Å². The second-order valence-corrected chi connectivity index (χ2v) is 7.25. The predicted molar refractivity (Wildman–Crippen MR) is 103 cm³/mol. The Morgan fingerprint density at radius 3 is 2.68 bits per heavy atom. The number of ether oxygens (including phenoxy) is 1. The molecule has 1 unspecified atom stereocenters. The van der Waals surface area contributed by atoms with Gasteiger partial charge in [0.05, 0.1) is 18.7 Å². The molecule has 138 valence electrons. The Labute approximate surface area is 158 Å². The standard InChI is InChI=1S/C17H23N3O3S.ClH/c1-23-15-7-6-12(8-13(15)18)19-16(21)14-9-24-10-20(14)17(22)11-4-2-3-5-11;/h6-8,11,14H,2-5,9-10,18H2,1H3,(H,19,21);1H. The summed E-state index contributed by atoms with van der Waals surface area (Å²) in [5.41, 5.74) is 6.96. The molecule has 1 saturated carbocycles. The number of rotatable bonds is 4. The van der Waals surface area contributed by atoms with Gasteiger partial charge >= 0.3 is 0 Å². The summed E-state index contributed by atoms with van der Waals surface area (Å²) in [6, 6.07) is 4.72. The minimum atomic E-state index is -0.411. The average molecular weight is 386 g/mol. The van der Waals surface area contributed by atoms with Crippen LogP contribution in [0.2, 0.25) is 0 Å². The summed E-state index contributed by atoms with van der Waals surface area (Å²) in [5, 5.41) is 2.87. The van der Waals surface area contributed by atoms with Gasteiger partial charge in [0.1, 0.15) is 11.8 Å². The lowest BCUT2D eigenvalue weighted by Gasteiger charge is -2.25. The molecule has 1 aliphatic heterocycles. The number of methoxy groups -OCH3 is 1. The van der Waals surface area contributed by atoms with Crippen molar-refractivity contribution in [1.29, 1.82) is 0 Å². The number of benzene rings is 1. The van der Waals surface area contributed by atoms with E-state index >= 15 is 0 Å². The second kappa shape index (κ2) is 8.67. The van der Waals surface area contributed by atoms with E-state index in [0.29, 0.717) is 28.8 Å². The number of hydrogen-bond donors (Lipinski definition) is 2. The predicted octanol–water partition coefficient (Wildman–Crippen LogP) is 2.73. The number of carbonyl (C=O) groups is 2. The molecular formula is C17H24ClN3O3S. The zero-order valence-electron chi connectivity index (χ0n) is 14.2. The highest BCUT2D eigenvalue weighted by atomic mass is 35.5. The number of anilines is 2. The minimum Gasteiger partial charge on any atom is -0.495 e. The van der Waals surface area contributed by atoms with Crippen LogP contribution in [0, 0.1) is 5.92 Å². The third-order valence-electron chi connectivity index (χ3n) is 4.67. The van der Waals surface area contributed by atoms with Crippen LogP contribution in [0.1, 0.15) is 25.7 Å². The maximum absolute atomic E-state index is 12.6. The SMILES string of the molecule is COc1ccc(NC(=O)C2CSCN2C(=O)C2CCCC2)cc1N.Cl. The van der Waals surface area contributed by atoms with Crippen molar-refractivity contribution in [2.24, 2.45) is 5.92 Å². The maximum atomic E-state index is 12.6. The Hall–Kier alpha value is -1.60. The Morgan fingerprint density at radius 1 is 1.32 bits per heavy atom. The first kappa shape index (κ1) is 19.7. The molecule has 0 radical (unpaired) electrons. The highest BCUT2D eigenvalue weighted by molar-refractivity contribution is 7.99. The van der Waals surface area contributed by atoms with E-state index in [-0.39, 0.29) is 30.1 Å². The number of nitrogens with one attached hydrogen (secondary N) is 1. The van der Waals surface area contributed by atoms with Gasteiger partial charge in [0, 0.05) is 17.4 Å². The minimum absolute atomic E-state index is 0. The molecule has 3 rings (SSSR count). The van der Waals surface area contributed by atoms with Gasteiger partial charge in [-0.3, -0.25) is 9.59 Å². The molecule has 3 N–H and O–H groups in total. The van der Waals surface area contributed by atoms with Gasteiger partial charge in [-0.15, -0.1) is 24.2 Å². The fourth-order valence-electron chi connectivity index (χ4n) is 3.32. The second-order valence-electron chi connectivity index (χ2n) is 6.25. The number of halogens is 1. The van der Waals surface area contributed by atoms with Crippen molar-refractivity contribution in [3.8, 4) is 5.75 Å². The highest BCUT2D eigenvalue weighted by Crippen LogP contribution is 2.31. The number of hydrogen-bond acceptors (Lipinski definition) is 5. The summed E-state index contributed by atoms with van der Waals surface area (Å²) in [6.07, 6.45) is 4.12. The van der Waals surface area contributed by atoms with Crippen molar-refractivity contribution < 1.29 is 14.3 Å². The van der Waals surface area contributed by atoms with Crippen LogP contribution in [0.5, 0.6) is 5.75 Å². The molecule has 2 amide bonds. The number of amides is 2. The third-order valence-corrected chi connectivity index (χ3v) is 5.68. The molecule has 0 bridgehead atoms. The number of carbonyl (C=O) groups excluding carboxylic acids is 2. The highest BCUT2D eigenvalue weighted by Gasteiger charge is 2.38. The van der Waals surface area contributed by atoms with Gasteiger partial charge in [-0.2, -0.15) is 0 Å². The van der Waals surface area contributed by atoms with Crippen molar-refractivity contribution in [3.63, 3.8) is 0 Å². The number of nitrogens with zero attached hydrogens (tertiary/aromatic N) is 1. The molecule has 1 aromatic carbocycles. The monoisotopic (exact) mass is 385 g/mol. The molecule has 8 heteroatoms. The van der Waals surface area contributed by atoms with Gasteiger partial charge in [-0.1, -0.05) is 12.8 Å². The molecular weight excluding hydrogens is 362 g/mol. The van der Waals surface area contributed by atoms with Gasteiger partial charge in [0.2, 0.25) is 11.8 Å². The van der Waals surface area contributed by atoms with Gasteiger partial charge in [-0.05, 0) is 31.0 Å². The van der Waals surface area contributed by atoms with Crippen molar-refractivity contribution in [2.45, 2.75) is 31.7 Å². The summed E-state index contributed by atoms with van der Waals surface area (Å²) in [6.45, 7) is 0. The molecule has 1 saturated heterocycles. The smallest absolute Gasteiger partial charge is 0.248 e. The van der Waals surface area contributed by atoms with E-state index in [9.17, 15) is 9.59 Å². The lowest BCUT2D eigenvalue weighted by molar-refractivity contribution is -0.139. The molecule has 1 aromatic rings. The summed E-state index contributed by atoms with van der Waals surface area (Å²) >= 11 is 1.63. The molecule has 1 atom stereocenters. The van der Waals surface area contributed by atoms with Crippen molar-refractivity contribution in [3.05, 3.63) is 18.2 Å². The third kappa shape index (κ3) is 4.33. The van der Waals surface area contributed by atoms with Crippen LogP contribution < -0.4 is 15.8 Å². The number of nitrogen functional groups attached to an aromatic ring is 1. The van der Waals surface area contributed by atoms with Crippen molar-refractivity contribution in [1.82, 2.24) is 4.90 Å². The topological polar surface area (TPSA) is 84.7 Å². The number of thioether (sulfide) groups is 1. The van der Waals surface area contributed by atoms with E-state index in [2.05, 4.69) is 5.32 Å². The van der Waals surface area contributed by atoms with E-state index in [0.717, 1.165) is 25.7 Å². The van der Waals surface area contributed by atoms with E-state index < -0.39 is 6.04 Å². The van der Waals surface area contributed by atoms with Gasteiger partial charge in [-0.25, -0.2) is 0 Å². The van der Waals surface area contributed by atoms with Crippen LogP contribution in [0.3, 0.4) is 0 Å². The summed E-state index contributed by atoms with van der Waals surface area (Å²) in [4.78, 5) is 27.0. The maximum Gasteiger partial charge on any atom is 0.248 e. The normalized spacial score (nSPS) is 20.2. The molecule has 25 heavy (non-hydrogen) atoms. The quantitative estimate of drug-likeness (QED) is 0.778. The van der Waals surface area contributed by atoms with Crippen LogP contribution in [0.25, 0.3) is 0 Å². The van der Waals surface area contributed by atoms with E-state index in [4.69, 9.17) is 10.5 Å². The molecule has 6 nitrogen and oxygen atoms in total. The zero-order chi connectivity index (χ0) is 17.1. The van der Waals surface area contributed by atoms with Crippen LogP contribution in [0.4, 0.5) is 11.4 Å². The van der Waals surface area contributed by atoms with Gasteiger partial charge < -0.3 is 20.7 Å². The summed E-state index contributed by atoms with van der Waals surface area (Å²) < 4.78 is 5.12. The largest absolute Gasteiger partial charge is 0.495 e. The Balaban J connectivity index is 0.00000225. The number of nitrogens with two attached hydrogens (primary N) is 1. The van der Waals surface area contributed by atoms with Crippen LogP contribution in [-0.4, -0.2) is 41.5 Å². The lowest BCUT2D eigenvalue weighted by Crippen LogP contribution is -2.46. The molecule has 2 fully saturated rings. The molecule has 0 aromatic heterocycles. The average Bonchev–Trinajstić information content (AvgIpc) is 3.26. The molecule has 2 aliphatic rings. The van der Waals surface area contributed by atoms with E-state index in [1.807, 2.05) is 0 Å². The lowest BCUT2D eigenvalue weighted by atomic mass is 10.1. The zero-order valence-corrected chi connectivity index (χ0v) is 15.8. The van der Waals surface area contributed by atoms with Crippen LogP contribution >= 0.6 is 24.2 Å². The van der Waals surface area contributed by atoms with E-state index in [1.54, 1.807) is 42.0 Å². The fourth-order valence-corrected chi connectivity index (χ4v) is 4.49. The molecule has 1 aliphatic carbocycles. The van der Waals surface area contributed by atoms with E-state index in [1.165, 1.54) is 0 Å². The van der Waals surface area contributed by atoms with Crippen LogP contribution in [0.15, 0.2) is 18.2 Å². The Bertz CT molecular complexity index is 638. The molecule has 1 heterocycles. The van der Waals surface area contributed by atoms with Gasteiger partial charge in [0.25, 0.3) is 0 Å². The first-order valence-electron chi connectivity index (χ1n) is 8.22. The summed E-state index contributed by atoms with van der Waals surface area (Å²) in [7, 11) is 1.55. The van der Waals surface area contributed by atoms with Gasteiger partial charge in [0.15, 0.2) is 0 Å². The molecule has 0 spiro atoms. The first-order valence-corrected chi connectivity index (χ1v) is 9.38. The van der Waals surface area contributed by atoms with Crippen molar-refractivity contribution in [2.75, 3.05) is 29.8 Å². The summed E-state index contributed by atoms with van der Waals surface area (Å²) in [5.74, 6) is 1.87. The Kier molecular flexibility index (Phi) is 6.84. The first-order chi connectivity index (χ1) is 11.6. The van der Waals surface area contributed by atoms with Crippen LogP contribution in [-0.2, 0) is 9.59 Å².